The quantitative estimate of drug-likeness (QED) is 0.677. The van der Waals surface area contributed by atoms with Crippen LogP contribution in [-0.2, 0) is 0 Å². The molecule has 112 valence electrons. The van der Waals surface area contributed by atoms with Crippen LogP contribution in [-0.4, -0.2) is 30.1 Å². The molecule has 2 heteroatoms. The Hall–Kier alpha value is -0.0800. The average Bonchev–Trinajstić information content (AvgIpc) is 2.99. The van der Waals surface area contributed by atoms with Crippen LogP contribution in [0.1, 0.15) is 71.6 Å². The van der Waals surface area contributed by atoms with Crippen molar-refractivity contribution in [3.8, 4) is 0 Å². The molecule has 1 aliphatic carbocycles. The maximum absolute atomic E-state index is 6.14. The Morgan fingerprint density at radius 1 is 1.05 bits per heavy atom. The van der Waals surface area contributed by atoms with Gasteiger partial charge in [-0.15, -0.1) is 0 Å². The van der Waals surface area contributed by atoms with Gasteiger partial charge in [0.1, 0.15) is 0 Å². The lowest BCUT2D eigenvalue weighted by Gasteiger charge is -2.39. The minimum atomic E-state index is 0.274. The van der Waals surface area contributed by atoms with Crippen LogP contribution in [0.5, 0.6) is 0 Å². The number of unbranched alkanes of at least 4 members (excludes halogenated alkanes) is 4. The number of rotatable bonds is 8. The highest BCUT2D eigenvalue weighted by atomic mass is 15.2. The van der Waals surface area contributed by atoms with Gasteiger partial charge in [-0.2, -0.15) is 0 Å². The first-order chi connectivity index (χ1) is 9.19. The van der Waals surface area contributed by atoms with Crippen LogP contribution in [0.15, 0.2) is 0 Å². The van der Waals surface area contributed by atoms with E-state index in [1.54, 1.807) is 0 Å². The van der Waals surface area contributed by atoms with Crippen LogP contribution in [0.2, 0.25) is 0 Å². The van der Waals surface area contributed by atoms with E-state index in [-0.39, 0.29) is 5.54 Å². The van der Waals surface area contributed by atoms with Crippen molar-refractivity contribution in [2.75, 3.05) is 19.6 Å². The van der Waals surface area contributed by atoms with E-state index in [2.05, 4.69) is 18.7 Å². The van der Waals surface area contributed by atoms with Gasteiger partial charge in [0, 0.05) is 25.2 Å². The minimum Gasteiger partial charge on any atom is -0.329 e. The second kappa shape index (κ2) is 7.08. The summed E-state index contributed by atoms with van der Waals surface area (Å²) in [4.78, 5) is 2.74. The molecule has 0 aromatic heterocycles. The van der Waals surface area contributed by atoms with E-state index >= 15 is 0 Å². The van der Waals surface area contributed by atoms with E-state index in [1.807, 2.05) is 0 Å². The van der Waals surface area contributed by atoms with Gasteiger partial charge < -0.3 is 5.73 Å². The fourth-order valence-electron chi connectivity index (χ4n) is 4.17. The van der Waals surface area contributed by atoms with Gasteiger partial charge in [-0.25, -0.2) is 0 Å². The molecule has 0 amide bonds. The molecular formula is C17H34N2. The van der Waals surface area contributed by atoms with Gasteiger partial charge in [0.05, 0.1) is 0 Å². The molecule has 3 unspecified atom stereocenters. The van der Waals surface area contributed by atoms with Crippen LogP contribution in [0, 0.1) is 11.8 Å². The molecule has 2 fully saturated rings. The van der Waals surface area contributed by atoms with E-state index in [0.29, 0.717) is 0 Å². The monoisotopic (exact) mass is 266 g/mol. The molecule has 2 N–H and O–H groups in total. The molecule has 1 saturated carbocycles. The van der Waals surface area contributed by atoms with Crippen LogP contribution < -0.4 is 5.73 Å². The number of nitrogens with zero attached hydrogens (tertiary/aromatic N) is 1. The van der Waals surface area contributed by atoms with Crippen molar-refractivity contribution < 1.29 is 0 Å². The molecule has 0 bridgehead atoms. The Balaban J connectivity index is 1.77. The normalized spacial score (nSPS) is 30.5. The fraction of sp³-hybridized carbons (Fsp3) is 1.00. The average molecular weight is 266 g/mol. The largest absolute Gasteiger partial charge is 0.329 e. The van der Waals surface area contributed by atoms with E-state index in [9.17, 15) is 0 Å². The number of hydrogen-bond acceptors (Lipinski definition) is 2. The van der Waals surface area contributed by atoms with E-state index in [0.717, 1.165) is 18.4 Å². The Kier molecular flexibility index (Phi) is 5.70. The lowest BCUT2D eigenvalue weighted by molar-refractivity contribution is 0.118. The molecule has 2 rings (SSSR count). The Labute approximate surface area is 120 Å². The van der Waals surface area contributed by atoms with Gasteiger partial charge in [-0.05, 0) is 38.0 Å². The van der Waals surface area contributed by atoms with E-state index in [4.69, 9.17) is 5.73 Å². The van der Waals surface area contributed by atoms with E-state index < -0.39 is 0 Å². The van der Waals surface area contributed by atoms with Crippen LogP contribution in [0.25, 0.3) is 0 Å². The van der Waals surface area contributed by atoms with Crippen LogP contribution in [0.3, 0.4) is 0 Å². The van der Waals surface area contributed by atoms with Crippen LogP contribution in [0.4, 0.5) is 0 Å². The maximum atomic E-state index is 6.14. The van der Waals surface area contributed by atoms with Crippen molar-refractivity contribution in [3.05, 3.63) is 0 Å². The zero-order valence-electron chi connectivity index (χ0n) is 13.2. The second-order valence-corrected chi connectivity index (χ2v) is 7.22. The van der Waals surface area contributed by atoms with Crippen molar-refractivity contribution in [2.45, 2.75) is 77.2 Å². The highest BCUT2D eigenvalue weighted by Crippen LogP contribution is 2.41. The molecular weight excluding hydrogens is 232 g/mol. The predicted molar refractivity (Wildman–Crippen MR) is 83.2 cm³/mol. The van der Waals surface area contributed by atoms with Gasteiger partial charge in [0.15, 0.2) is 0 Å². The smallest absolute Gasteiger partial charge is 0.0303 e. The second-order valence-electron chi connectivity index (χ2n) is 7.22. The fourth-order valence-corrected chi connectivity index (χ4v) is 4.17. The highest BCUT2D eigenvalue weighted by Gasteiger charge is 2.42. The van der Waals surface area contributed by atoms with E-state index in [1.165, 1.54) is 70.9 Å². The number of likely N-dealkylation sites (tertiary alicyclic amines) is 1. The molecule has 3 atom stereocenters. The summed E-state index contributed by atoms with van der Waals surface area (Å²) in [5, 5.41) is 0. The Morgan fingerprint density at radius 3 is 2.26 bits per heavy atom. The lowest BCUT2D eigenvalue weighted by atomic mass is 9.92. The van der Waals surface area contributed by atoms with Gasteiger partial charge in [0.2, 0.25) is 0 Å². The third-order valence-electron chi connectivity index (χ3n) is 5.75. The molecule has 0 radical (unpaired) electrons. The summed E-state index contributed by atoms with van der Waals surface area (Å²) in [7, 11) is 0. The van der Waals surface area contributed by atoms with Gasteiger partial charge >= 0.3 is 0 Å². The summed E-state index contributed by atoms with van der Waals surface area (Å²) in [6.07, 6.45) is 12.6. The first-order valence-corrected chi connectivity index (χ1v) is 8.64. The minimum absolute atomic E-state index is 0.274. The molecule has 0 spiro atoms. The lowest BCUT2D eigenvalue weighted by Crippen LogP contribution is -2.50. The third-order valence-corrected chi connectivity index (χ3v) is 5.75. The number of fused-ring (bicyclic) bond motifs is 1. The zero-order chi connectivity index (χ0) is 13.7. The number of hydrogen-bond donors (Lipinski definition) is 1. The van der Waals surface area contributed by atoms with Crippen LogP contribution >= 0.6 is 0 Å². The number of nitrogens with two attached hydrogens (primary N) is 1. The first-order valence-electron chi connectivity index (χ1n) is 8.64. The van der Waals surface area contributed by atoms with Gasteiger partial charge in [-0.1, -0.05) is 45.4 Å². The van der Waals surface area contributed by atoms with Crippen molar-refractivity contribution in [1.29, 1.82) is 0 Å². The summed E-state index contributed by atoms with van der Waals surface area (Å²) in [6, 6.07) is 0. The Morgan fingerprint density at radius 2 is 1.68 bits per heavy atom. The Bertz CT molecular complexity index is 254. The SMILES string of the molecule is CCCCCCCC(C)(CN)N1CC2CCCC2C1. The topological polar surface area (TPSA) is 29.3 Å². The molecule has 0 aromatic carbocycles. The molecule has 2 nitrogen and oxygen atoms in total. The molecule has 19 heavy (non-hydrogen) atoms. The first kappa shape index (κ1) is 15.3. The molecule has 1 saturated heterocycles. The molecule has 1 heterocycles. The predicted octanol–water partition coefficient (Wildman–Crippen LogP) is 3.80. The molecule has 0 aromatic rings. The van der Waals surface area contributed by atoms with Crippen molar-refractivity contribution in [2.24, 2.45) is 17.6 Å². The summed E-state index contributed by atoms with van der Waals surface area (Å²) >= 11 is 0. The summed E-state index contributed by atoms with van der Waals surface area (Å²) in [5.41, 5.74) is 6.41. The van der Waals surface area contributed by atoms with Crippen molar-refractivity contribution >= 4 is 0 Å². The summed E-state index contributed by atoms with van der Waals surface area (Å²) in [6.45, 7) is 8.18. The van der Waals surface area contributed by atoms with Crippen molar-refractivity contribution in [1.82, 2.24) is 4.90 Å². The van der Waals surface area contributed by atoms with Crippen molar-refractivity contribution in [3.63, 3.8) is 0 Å². The zero-order valence-corrected chi connectivity index (χ0v) is 13.2. The third kappa shape index (κ3) is 3.72. The highest BCUT2D eigenvalue weighted by molar-refractivity contribution is 4.97. The molecule has 2 aliphatic rings. The van der Waals surface area contributed by atoms with Gasteiger partial charge in [-0.3, -0.25) is 4.90 Å². The summed E-state index contributed by atoms with van der Waals surface area (Å²) in [5.74, 6) is 1.98. The summed E-state index contributed by atoms with van der Waals surface area (Å²) < 4.78 is 0. The maximum Gasteiger partial charge on any atom is 0.0303 e. The standard InChI is InChI=1S/C17H34N2/c1-3-4-5-6-7-11-17(2,14-18)19-12-15-9-8-10-16(15)13-19/h15-16H,3-14,18H2,1-2H3. The molecule has 1 aliphatic heterocycles. The van der Waals surface area contributed by atoms with Gasteiger partial charge in [0.25, 0.3) is 0 Å².